The first-order valence-corrected chi connectivity index (χ1v) is 8.47. The molecular weight excluding hydrogens is 320 g/mol. The van der Waals surface area contributed by atoms with Crippen molar-refractivity contribution < 1.29 is 9.15 Å². The van der Waals surface area contributed by atoms with Crippen LogP contribution in [0.15, 0.2) is 40.9 Å². The zero-order valence-corrected chi connectivity index (χ0v) is 13.7. The highest BCUT2D eigenvalue weighted by Gasteiger charge is 2.36. The lowest BCUT2D eigenvalue weighted by atomic mass is 10.0. The van der Waals surface area contributed by atoms with E-state index in [1.54, 1.807) is 6.20 Å². The Morgan fingerprint density at radius 3 is 3.00 bits per heavy atom. The maximum absolute atomic E-state index is 5.95. The van der Waals surface area contributed by atoms with Crippen molar-refractivity contribution >= 4 is 0 Å². The zero-order valence-electron chi connectivity index (χ0n) is 13.7. The Morgan fingerprint density at radius 1 is 1.16 bits per heavy atom. The molecule has 128 valence electrons. The zero-order chi connectivity index (χ0) is 16.6. The summed E-state index contributed by atoms with van der Waals surface area (Å²) in [5.74, 6) is 1.19. The fourth-order valence-electron chi connectivity index (χ4n) is 3.59. The van der Waals surface area contributed by atoms with E-state index in [4.69, 9.17) is 9.15 Å². The molecule has 8 heteroatoms. The van der Waals surface area contributed by atoms with Gasteiger partial charge in [-0.3, -0.25) is 4.90 Å². The number of ether oxygens (including phenoxy) is 1. The highest BCUT2D eigenvalue weighted by molar-refractivity contribution is 5.51. The summed E-state index contributed by atoms with van der Waals surface area (Å²) in [7, 11) is 0. The lowest BCUT2D eigenvalue weighted by Gasteiger charge is -2.40. The molecule has 0 amide bonds. The minimum atomic E-state index is 0.191. The Kier molecular flexibility index (Phi) is 3.57. The number of nitrogens with zero attached hydrogens (tertiary/aromatic N) is 6. The predicted molar refractivity (Wildman–Crippen MR) is 87.3 cm³/mol. The van der Waals surface area contributed by atoms with Crippen LogP contribution in [0.3, 0.4) is 0 Å². The second kappa shape index (κ2) is 6.05. The van der Waals surface area contributed by atoms with Crippen LogP contribution in [0.5, 0.6) is 0 Å². The number of rotatable bonds is 3. The molecule has 1 saturated heterocycles. The van der Waals surface area contributed by atoms with E-state index in [0.29, 0.717) is 24.9 Å². The molecule has 0 bridgehead atoms. The molecule has 0 spiro atoms. The summed E-state index contributed by atoms with van der Waals surface area (Å²) in [6.07, 6.45) is 2.94. The van der Waals surface area contributed by atoms with Gasteiger partial charge in [-0.25, -0.2) is 4.68 Å². The average molecular weight is 338 g/mol. The Bertz CT molecular complexity index is 861. The van der Waals surface area contributed by atoms with Crippen molar-refractivity contribution in [1.82, 2.24) is 30.1 Å². The number of fused-ring (bicyclic) bond motifs is 3. The Morgan fingerprint density at radius 2 is 2.08 bits per heavy atom. The number of aromatic nitrogens is 5. The number of piperidine rings is 1. The van der Waals surface area contributed by atoms with Crippen molar-refractivity contribution in [2.24, 2.45) is 0 Å². The Labute approximate surface area is 144 Å². The molecule has 2 aromatic heterocycles. The van der Waals surface area contributed by atoms with E-state index in [1.165, 1.54) is 0 Å². The van der Waals surface area contributed by atoms with Gasteiger partial charge in [0.05, 0.1) is 37.2 Å². The average Bonchev–Trinajstić information content (AvgIpc) is 3.32. The largest absolute Gasteiger partial charge is 0.419 e. The van der Waals surface area contributed by atoms with Crippen molar-refractivity contribution in [2.45, 2.75) is 31.7 Å². The molecule has 8 nitrogen and oxygen atoms in total. The third kappa shape index (κ3) is 2.73. The van der Waals surface area contributed by atoms with E-state index in [0.717, 1.165) is 30.8 Å². The van der Waals surface area contributed by atoms with Gasteiger partial charge in [-0.15, -0.1) is 15.3 Å². The van der Waals surface area contributed by atoms with E-state index in [1.807, 2.05) is 35.0 Å². The standard InChI is InChI=1S/C17H18N6O2/c1-2-4-12(5-3-1)17-20-19-16(25-17)10-22-7-6-15-14(9-22)23-13(11-24-15)8-18-21-23/h1-5,8,14-15H,6-7,9-11H2/t14-,15+/m1/s1. The Balaban J connectivity index is 1.31. The first-order chi connectivity index (χ1) is 12.4. The number of benzene rings is 1. The third-order valence-electron chi connectivity index (χ3n) is 4.86. The smallest absolute Gasteiger partial charge is 0.247 e. The summed E-state index contributed by atoms with van der Waals surface area (Å²) in [6.45, 7) is 3.00. The van der Waals surface area contributed by atoms with Crippen LogP contribution in [0.25, 0.3) is 11.5 Å². The molecule has 2 aliphatic rings. The van der Waals surface area contributed by atoms with Crippen molar-refractivity contribution in [3.63, 3.8) is 0 Å². The van der Waals surface area contributed by atoms with Gasteiger partial charge < -0.3 is 9.15 Å². The van der Waals surface area contributed by atoms with Crippen LogP contribution in [0, 0.1) is 0 Å². The molecule has 0 unspecified atom stereocenters. The van der Waals surface area contributed by atoms with Gasteiger partial charge in [-0.05, 0) is 18.6 Å². The maximum atomic E-state index is 5.95. The number of hydrogen-bond donors (Lipinski definition) is 0. The van der Waals surface area contributed by atoms with Crippen molar-refractivity contribution in [1.29, 1.82) is 0 Å². The van der Waals surface area contributed by atoms with E-state index in [-0.39, 0.29) is 12.1 Å². The second-order valence-electron chi connectivity index (χ2n) is 6.48. The molecule has 1 fully saturated rings. The number of likely N-dealkylation sites (tertiary alicyclic amines) is 1. The van der Waals surface area contributed by atoms with Gasteiger partial charge in [0.25, 0.3) is 0 Å². The molecule has 1 aromatic carbocycles. The van der Waals surface area contributed by atoms with E-state index < -0.39 is 0 Å². The van der Waals surface area contributed by atoms with Crippen LogP contribution in [-0.4, -0.2) is 49.3 Å². The van der Waals surface area contributed by atoms with Crippen LogP contribution in [0.2, 0.25) is 0 Å². The lowest BCUT2D eigenvalue weighted by molar-refractivity contribution is -0.0679. The molecule has 4 heterocycles. The van der Waals surface area contributed by atoms with Crippen molar-refractivity contribution in [2.75, 3.05) is 13.1 Å². The lowest BCUT2D eigenvalue weighted by Crippen LogP contribution is -2.47. The molecule has 2 atom stereocenters. The molecule has 25 heavy (non-hydrogen) atoms. The van der Waals surface area contributed by atoms with E-state index in [2.05, 4.69) is 25.4 Å². The first-order valence-electron chi connectivity index (χ1n) is 8.47. The van der Waals surface area contributed by atoms with Crippen LogP contribution in [-0.2, 0) is 17.9 Å². The van der Waals surface area contributed by atoms with Crippen molar-refractivity contribution in [3.05, 3.63) is 48.1 Å². The topological polar surface area (TPSA) is 82.1 Å². The van der Waals surface area contributed by atoms with E-state index in [9.17, 15) is 0 Å². The molecule has 0 radical (unpaired) electrons. The van der Waals surface area contributed by atoms with Crippen LogP contribution < -0.4 is 0 Å². The van der Waals surface area contributed by atoms with Gasteiger partial charge in [0.1, 0.15) is 0 Å². The van der Waals surface area contributed by atoms with Crippen molar-refractivity contribution in [3.8, 4) is 11.5 Å². The molecular formula is C17H18N6O2. The summed E-state index contributed by atoms with van der Waals surface area (Å²) >= 11 is 0. The summed E-state index contributed by atoms with van der Waals surface area (Å²) < 4.78 is 13.8. The van der Waals surface area contributed by atoms with Gasteiger partial charge in [0.15, 0.2) is 0 Å². The van der Waals surface area contributed by atoms with Crippen LogP contribution in [0.1, 0.15) is 24.0 Å². The molecule has 5 rings (SSSR count). The van der Waals surface area contributed by atoms with Crippen LogP contribution in [0.4, 0.5) is 0 Å². The fourth-order valence-corrected chi connectivity index (χ4v) is 3.59. The fraction of sp³-hybridized carbons (Fsp3) is 0.412. The highest BCUT2D eigenvalue weighted by atomic mass is 16.5. The third-order valence-corrected chi connectivity index (χ3v) is 4.86. The SMILES string of the molecule is c1ccc(-c2nnc(CN3CC[C@@H]4OCc5cnnn5[C@@H]4C3)o2)cc1. The van der Waals surface area contributed by atoms with Crippen LogP contribution >= 0.6 is 0 Å². The molecule has 0 saturated carbocycles. The molecule has 3 aromatic rings. The molecule has 0 N–H and O–H groups in total. The predicted octanol–water partition coefficient (Wildman–Crippen LogP) is 1.67. The van der Waals surface area contributed by atoms with Gasteiger partial charge in [0.2, 0.25) is 11.8 Å². The van der Waals surface area contributed by atoms with Gasteiger partial charge in [-0.1, -0.05) is 23.4 Å². The first kappa shape index (κ1) is 14.7. The second-order valence-corrected chi connectivity index (χ2v) is 6.48. The summed E-state index contributed by atoms with van der Waals surface area (Å²) in [6, 6.07) is 10.0. The molecule has 0 aliphatic carbocycles. The number of hydrogen-bond acceptors (Lipinski definition) is 7. The normalized spacial score (nSPS) is 23.2. The monoisotopic (exact) mass is 338 g/mol. The van der Waals surface area contributed by atoms with Gasteiger partial charge in [0, 0.05) is 18.7 Å². The quantitative estimate of drug-likeness (QED) is 0.718. The highest BCUT2D eigenvalue weighted by Crippen LogP contribution is 2.30. The summed E-state index contributed by atoms with van der Waals surface area (Å²) in [4.78, 5) is 2.31. The minimum Gasteiger partial charge on any atom is -0.419 e. The summed E-state index contributed by atoms with van der Waals surface area (Å²) in [5.41, 5.74) is 1.97. The Hall–Kier alpha value is -2.58. The minimum absolute atomic E-state index is 0.191. The summed E-state index contributed by atoms with van der Waals surface area (Å²) in [5, 5.41) is 16.6. The maximum Gasteiger partial charge on any atom is 0.247 e. The van der Waals surface area contributed by atoms with Gasteiger partial charge >= 0.3 is 0 Å². The van der Waals surface area contributed by atoms with E-state index >= 15 is 0 Å². The molecule has 2 aliphatic heterocycles. The van der Waals surface area contributed by atoms with Gasteiger partial charge in [-0.2, -0.15) is 0 Å².